The zero-order chi connectivity index (χ0) is 29.5. The number of carbonyl (C=O) groups excluding carboxylic acids is 1. The first-order valence-electron chi connectivity index (χ1n) is 15.1. The van der Waals surface area contributed by atoms with Gasteiger partial charge in [-0.25, -0.2) is 9.78 Å². The van der Waals surface area contributed by atoms with E-state index in [-0.39, 0.29) is 41.4 Å². The van der Waals surface area contributed by atoms with Gasteiger partial charge in [0, 0.05) is 23.2 Å². The lowest BCUT2D eigenvalue weighted by Crippen LogP contribution is -2.46. The molecule has 11 heteroatoms. The Balaban J connectivity index is 1.03. The number of para-hydroxylation sites is 1. The minimum Gasteiger partial charge on any atom is -0.465 e. The molecular formula is C32H32F3N3O5. The summed E-state index contributed by atoms with van der Waals surface area (Å²) in [6.07, 6.45) is 4.91. The average Bonchev–Trinajstić information content (AvgIpc) is 3.87. The van der Waals surface area contributed by atoms with Gasteiger partial charge in [-0.2, -0.15) is 0 Å². The van der Waals surface area contributed by atoms with Gasteiger partial charge in [-0.3, -0.25) is 0 Å². The van der Waals surface area contributed by atoms with Crippen LogP contribution in [0.4, 0.5) is 19.0 Å². The number of alkyl halides is 3. The molecule has 8 nitrogen and oxygen atoms in total. The van der Waals surface area contributed by atoms with Gasteiger partial charge in [0.05, 0.1) is 37.0 Å². The maximum Gasteiger partial charge on any atom is 0.573 e. The molecule has 0 bridgehead atoms. The predicted molar refractivity (Wildman–Crippen MR) is 148 cm³/mol. The van der Waals surface area contributed by atoms with Crippen molar-refractivity contribution < 1.29 is 36.7 Å². The molecule has 2 aromatic heterocycles. The topological polar surface area (TPSA) is 86.7 Å². The molecule has 1 aromatic carbocycles. The Hall–Kier alpha value is -3.60. The fraction of sp³-hybridized carbons (Fsp3) is 0.531. The largest absolute Gasteiger partial charge is 0.573 e. The summed E-state index contributed by atoms with van der Waals surface area (Å²) in [4.78, 5) is 19.5. The minimum atomic E-state index is -4.82. The molecule has 1 aliphatic heterocycles. The number of aromatic nitrogens is 2. The zero-order valence-corrected chi connectivity index (χ0v) is 23.7. The van der Waals surface area contributed by atoms with Crippen LogP contribution < -0.4 is 9.64 Å². The average molecular weight is 596 g/mol. The van der Waals surface area contributed by atoms with Crippen molar-refractivity contribution in [2.24, 2.45) is 5.92 Å². The van der Waals surface area contributed by atoms with Gasteiger partial charge in [0.15, 0.2) is 0 Å². The van der Waals surface area contributed by atoms with E-state index in [1.807, 2.05) is 6.07 Å². The molecular weight excluding hydrogens is 563 g/mol. The SMILES string of the molecule is COC(=O)c1cnc(N2C3C[C@@H](OCc4c(-c5ccccc5OC(F)(F)F)noc4C4CC4)C[C@@H]4CC[C@@]342)c(C2CC2)c1. The highest BCUT2D eigenvalue weighted by Crippen LogP contribution is 2.67. The fourth-order valence-electron chi connectivity index (χ4n) is 7.60. The lowest BCUT2D eigenvalue weighted by molar-refractivity contribution is -0.274. The summed E-state index contributed by atoms with van der Waals surface area (Å²) in [6, 6.07) is 8.30. The highest BCUT2D eigenvalue weighted by atomic mass is 19.4. The summed E-state index contributed by atoms with van der Waals surface area (Å²) in [6.45, 7) is 0.210. The van der Waals surface area contributed by atoms with Gasteiger partial charge in [-0.05, 0) is 87.0 Å². The van der Waals surface area contributed by atoms with E-state index in [0.29, 0.717) is 40.5 Å². The van der Waals surface area contributed by atoms with Gasteiger partial charge in [-0.15, -0.1) is 13.2 Å². The van der Waals surface area contributed by atoms with Crippen LogP contribution in [0.5, 0.6) is 5.75 Å². The van der Waals surface area contributed by atoms with Crippen molar-refractivity contribution in [3.8, 4) is 17.0 Å². The van der Waals surface area contributed by atoms with Crippen molar-refractivity contribution in [3.63, 3.8) is 0 Å². The van der Waals surface area contributed by atoms with Crippen LogP contribution in [0.25, 0.3) is 11.3 Å². The third-order valence-corrected chi connectivity index (χ3v) is 10.1. The number of benzene rings is 1. The number of halogens is 3. The molecule has 4 atom stereocenters. The van der Waals surface area contributed by atoms with Crippen LogP contribution >= 0.6 is 0 Å². The number of rotatable bonds is 9. The third-order valence-electron chi connectivity index (χ3n) is 10.1. The van der Waals surface area contributed by atoms with Crippen LogP contribution in [0.1, 0.15) is 90.4 Å². The van der Waals surface area contributed by atoms with Crippen molar-refractivity contribution in [1.29, 1.82) is 0 Å². The Labute approximate surface area is 246 Å². The van der Waals surface area contributed by atoms with Crippen molar-refractivity contribution in [1.82, 2.24) is 10.1 Å². The maximum absolute atomic E-state index is 13.2. The van der Waals surface area contributed by atoms with Crippen molar-refractivity contribution in [2.45, 2.75) is 93.9 Å². The van der Waals surface area contributed by atoms with Gasteiger partial charge >= 0.3 is 12.3 Å². The Bertz CT molecular complexity index is 1580. The maximum atomic E-state index is 13.2. The van der Waals surface area contributed by atoms with Crippen molar-refractivity contribution in [3.05, 3.63) is 59.0 Å². The summed E-state index contributed by atoms with van der Waals surface area (Å²) in [5.74, 6) is 2.12. The predicted octanol–water partition coefficient (Wildman–Crippen LogP) is 6.89. The Kier molecular flexibility index (Phi) is 6.09. The number of carbonyl (C=O) groups is 1. The summed E-state index contributed by atoms with van der Waals surface area (Å²) in [5, 5.41) is 4.22. The van der Waals surface area contributed by atoms with Crippen LogP contribution in [0, 0.1) is 5.92 Å². The van der Waals surface area contributed by atoms with E-state index < -0.39 is 6.36 Å². The van der Waals surface area contributed by atoms with Crippen LogP contribution in [0.3, 0.4) is 0 Å². The van der Waals surface area contributed by atoms with E-state index in [1.54, 1.807) is 18.3 Å². The Morgan fingerprint density at radius 2 is 1.91 bits per heavy atom. The first kappa shape index (κ1) is 27.0. The standard InChI is InChI=1S/C32H32F3N3O5/c1-40-30(39)19-12-23(17-6-7-17)29(36-15-19)38-26-14-21(13-20-10-11-31(20,26)38)41-16-24-27(37-43-28(24)18-8-9-18)22-4-2-3-5-25(22)42-32(33,34)35/h2-5,12,15,17-18,20-21,26H,6-11,13-14,16H2,1H3/t20-,21-,26?,31-,38?/m0/s1. The number of ether oxygens (including phenoxy) is 3. The van der Waals surface area contributed by atoms with E-state index in [2.05, 4.69) is 14.8 Å². The highest BCUT2D eigenvalue weighted by Gasteiger charge is 2.73. The smallest absolute Gasteiger partial charge is 0.465 e. The van der Waals surface area contributed by atoms with Crippen LogP contribution in [0.2, 0.25) is 0 Å². The molecule has 4 aliphatic carbocycles. The molecule has 43 heavy (non-hydrogen) atoms. The molecule has 1 unspecified atom stereocenters. The second-order valence-corrected chi connectivity index (χ2v) is 12.6. The summed E-state index contributed by atoms with van der Waals surface area (Å²) in [5.41, 5.74) is 3.01. The van der Waals surface area contributed by atoms with Gasteiger partial charge < -0.3 is 23.6 Å². The van der Waals surface area contributed by atoms with E-state index in [9.17, 15) is 18.0 Å². The van der Waals surface area contributed by atoms with Gasteiger partial charge in [0.2, 0.25) is 0 Å². The Morgan fingerprint density at radius 1 is 1.12 bits per heavy atom. The molecule has 5 aliphatic rings. The van der Waals surface area contributed by atoms with Crippen LogP contribution in [0.15, 0.2) is 41.1 Å². The number of pyridine rings is 1. The zero-order valence-electron chi connectivity index (χ0n) is 23.7. The number of esters is 1. The van der Waals surface area contributed by atoms with Crippen molar-refractivity contribution in [2.75, 3.05) is 12.0 Å². The van der Waals surface area contributed by atoms with Gasteiger partial charge in [0.25, 0.3) is 0 Å². The number of hydrogen-bond donors (Lipinski definition) is 0. The molecule has 0 radical (unpaired) electrons. The fourth-order valence-corrected chi connectivity index (χ4v) is 7.60. The lowest BCUT2D eigenvalue weighted by atomic mass is 9.64. The number of anilines is 1. The van der Waals surface area contributed by atoms with E-state index in [4.69, 9.17) is 19.0 Å². The summed E-state index contributed by atoms with van der Waals surface area (Å²) < 4.78 is 61.0. The van der Waals surface area contributed by atoms with E-state index in [0.717, 1.165) is 62.7 Å². The second kappa shape index (κ2) is 9.70. The number of methoxy groups -OCH3 is 1. The van der Waals surface area contributed by atoms with Crippen molar-refractivity contribution >= 4 is 11.8 Å². The molecule has 3 aromatic rings. The molecule has 8 rings (SSSR count). The lowest BCUT2D eigenvalue weighted by Gasteiger charge is -2.42. The molecule has 3 heterocycles. The highest BCUT2D eigenvalue weighted by molar-refractivity contribution is 5.90. The monoisotopic (exact) mass is 595 g/mol. The van der Waals surface area contributed by atoms with Crippen LogP contribution in [-0.2, 0) is 16.1 Å². The molecule has 1 spiro atoms. The normalized spacial score (nSPS) is 27.6. The van der Waals surface area contributed by atoms with E-state index >= 15 is 0 Å². The quantitative estimate of drug-likeness (QED) is 0.195. The van der Waals surface area contributed by atoms with E-state index in [1.165, 1.54) is 19.2 Å². The first-order valence-corrected chi connectivity index (χ1v) is 15.1. The first-order chi connectivity index (χ1) is 20.8. The van der Waals surface area contributed by atoms with Crippen LogP contribution in [-0.4, -0.2) is 47.3 Å². The minimum absolute atomic E-state index is 0.0105. The second-order valence-electron chi connectivity index (χ2n) is 12.6. The molecule has 0 N–H and O–H groups in total. The molecule has 226 valence electrons. The van der Waals surface area contributed by atoms with Gasteiger partial charge in [0.1, 0.15) is 23.0 Å². The molecule has 1 saturated heterocycles. The Morgan fingerprint density at radius 3 is 2.60 bits per heavy atom. The number of hydrogen-bond acceptors (Lipinski definition) is 8. The number of nitrogens with zero attached hydrogens (tertiary/aromatic N) is 3. The molecule has 4 saturated carbocycles. The third kappa shape index (κ3) is 4.58. The summed E-state index contributed by atoms with van der Waals surface area (Å²) in [7, 11) is 1.38. The molecule has 5 fully saturated rings. The summed E-state index contributed by atoms with van der Waals surface area (Å²) >= 11 is 0. The molecule has 0 amide bonds. The van der Waals surface area contributed by atoms with Gasteiger partial charge in [-0.1, -0.05) is 17.3 Å².